The van der Waals surface area contributed by atoms with Crippen molar-refractivity contribution in [1.82, 2.24) is 15.8 Å². The average molecular weight is 367 g/mol. The molecule has 2 aromatic rings. The summed E-state index contributed by atoms with van der Waals surface area (Å²) in [5.41, 5.74) is 4.54. The maximum absolute atomic E-state index is 12.9. The Kier molecular flexibility index (Phi) is 6.57. The standard InChI is InChI=1S/C21H26N4O2/c1-24-12-14-25(15-13-24)23-21(27)19(16-17-8-4-2-5-9-17)22-20(26)18-10-6-3-7-11-18/h2-11,19H,12-16H2,1H3,(H,22,26)(H,23,27)/p+1/t19-/m1/s1. The smallest absolute Gasteiger partial charge is 0.257 e. The van der Waals surface area contributed by atoms with Crippen molar-refractivity contribution in [3.05, 3.63) is 71.8 Å². The van der Waals surface area contributed by atoms with E-state index in [-0.39, 0.29) is 11.8 Å². The Hall–Kier alpha value is -2.70. The van der Waals surface area contributed by atoms with Gasteiger partial charge in [0.2, 0.25) is 0 Å². The summed E-state index contributed by atoms with van der Waals surface area (Å²) < 4.78 is 0. The van der Waals surface area contributed by atoms with Crippen LogP contribution < -0.4 is 15.6 Å². The molecule has 3 N–H and O–H groups in total. The molecule has 1 heterocycles. The van der Waals surface area contributed by atoms with Crippen molar-refractivity contribution in [2.75, 3.05) is 33.2 Å². The second kappa shape index (κ2) is 9.30. The molecule has 0 unspecified atom stereocenters. The van der Waals surface area contributed by atoms with E-state index in [0.29, 0.717) is 12.0 Å². The Balaban J connectivity index is 1.68. The van der Waals surface area contributed by atoms with Gasteiger partial charge in [0, 0.05) is 12.0 Å². The minimum absolute atomic E-state index is 0.178. The Morgan fingerprint density at radius 2 is 1.59 bits per heavy atom. The number of carbonyl (C=O) groups excluding carboxylic acids is 2. The fourth-order valence-electron chi connectivity index (χ4n) is 3.12. The third-order valence-corrected chi connectivity index (χ3v) is 4.83. The van der Waals surface area contributed by atoms with E-state index >= 15 is 0 Å². The number of quaternary nitrogens is 1. The number of nitrogens with one attached hydrogen (secondary N) is 3. The van der Waals surface area contributed by atoms with E-state index in [1.165, 1.54) is 4.90 Å². The Morgan fingerprint density at radius 1 is 1.00 bits per heavy atom. The maximum atomic E-state index is 12.9. The predicted molar refractivity (Wildman–Crippen MR) is 104 cm³/mol. The van der Waals surface area contributed by atoms with Crippen LogP contribution in [0.25, 0.3) is 0 Å². The van der Waals surface area contributed by atoms with Gasteiger partial charge in [-0.05, 0) is 17.7 Å². The Morgan fingerprint density at radius 3 is 2.22 bits per heavy atom. The molecule has 0 aromatic heterocycles. The molecular weight excluding hydrogens is 340 g/mol. The van der Waals surface area contributed by atoms with E-state index in [4.69, 9.17) is 0 Å². The molecule has 0 saturated carbocycles. The summed E-state index contributed by atoms with van der Waals surface area (Å²) in [6, 6.07) is 18.1. The van der Waals surface area contributed by atoms with Gasteiger partial charge in [0.25, 0.3) is 11.8 Å². The summed E-state index contributed by atoms with van der Waals surface area (Å²) >= 11 is 0. The van der Waals surface area contributed by atoms with Gasteiger partial charge in [0.15, 0.2) is 0 Å². The number of benzene rings is 2. The highest BCUT2D eigenvalue weighted by atomic mass is 16.2. The fraction of sp³-hybridized carbons (Fsp3) is 0.333. The van der Waals surface area contributed by atoms with E-state index in [1.54, 1.807) is 12.1 Å². The van der Waals surface area contributed by atoms with Gasteiger partial charge in [-0.1, -0.05) is 48.5 Å². The molecule has 0 radical (unpaired) electrons. The van der Waals surface area contributed by atoms with Crippen LogP contribution in [0.15, 0.2) is 60.7 Å². The number of likely N-dealkylation sites (N-methyl/N-ethyl adjacent to an activating group) is 1. The van der Waals surface area contributed by atoms with Crippen molar-refractivity contribution >= 4 is 11.8 Å². The molecule has 6 nitrogen and oxygen atoms in total. The first-order valence-electron chi connectivity index (χ1n) is 9.38. The lowest BCUT2D eigenvalue weighted by Gasteiger charge is -2.31. The number of hydrazine groups is 1. The van der Waals surface area contributed by atoms with Crippen LogP contribution in [-0.4, -0.2) is 56.1 Å². The van der Waals surface area contributed by atoms with Crippen molar-refractivity contribution < 1.29 is 14.5 Å². The zero-order valence-corrected chi connectivity index (χ0v) is 15.7. The summed E-state index contributed by atoms with van der Waals surface area (Å²) in [6.07, 6.45) is 0.449. The minimum atomic E-state index is -0.632. The second-order valence-corrected chi connectivity index (χ2v) is 7.00. The van der Waals surface area contributed by atoms with Crippen LogP contribution in [0.5, 0.6) is 0 Å². The normalized spacial score (nSPS) is 16.5. The van der Waals surface area contributed by atoms with Gasteiger partial charge < -0.3 is 10.2 Å². The van der Waals surface area contributed by atoms with E-state index in [9.17, 15) is 9.59 Å². The molecule has 27 heavy (non-hydrogen) atoms. The van der Waals surface area contributed by atoms with Crippen molar-refractivity contribution in [3.63, 3.8) is 0 Å². The summed E-state index contributed by atoms with van der Waals surface area (Å²) in [7, 11) is 2.15. The number of piperazine rings is 1. The van der Waals surface area contributed by atoms with Gasteiger partial charge in [-0.3, -0.25) is 15.0 Å². The molecule has 0 bridgehead atoms. The SMILES string of the molecule is C[NH+]1CCN(NC(=O)[C@@H](Cc2ccccc2)NC(=O)c2ccccc2)CC1. The maximum Gasteiger partial charge on any atom is 0.257 e. The molecule has 3 rings (SSSR count). The van der Waals surface area contributed by atoms with E-state index < -0.39 is 6.04 Å². The van der Waals surface area contributed by atoms with Crippen molar-refractivity contribution in [1.29, 1.82) is 0 Å². The number of rotatable bonds is 6. The lowest BCUT2D eigenvalue weighted by atomic mass is 10.0. The minimum Gasteiger partial charge on any atom is -0.340 e. The van der Waals surface area contributed by atoms with Gasteiger partial charge in [0.05, 0.1) is 33.2 Å². The van der Waals surface area contributed by atoms with Gasteiger partial charge in [0.1, 0.15) is 6.04 Å². The summed E-state index contributed by atoms with van der Waals surface area (Å²) in [6.45, 7) is 3.59. The van der Waals surface area contributed by atoms with Crippen LogP contribution in [0.2, 0.25) is 0 Å². The van der Waals surface area contributed by atoms with Crippen molar-refractivity contribution in [3.8, 4) is 0 Å². The van der Waals surface area contributed by atoms with E-state index in [2.05, 4.69) is 17.8 Å². The Bertz CT molecular complexity index is 743. The van der Waals surface area contributed by atoms with Crippen LogP contribution in [0, 0.1) is 0 Å². The quantitative estimate of drug-likeness (QED) is 0.668. The first kappa shape index (κ1) is 19.1. The van der Waals surface area contributed by atoms with Crippen LogP contribution in [-0.2, 0) is 11.2 Å². The van der Waals surface area contributed by atoms with Gasteiger partial charge in [-0.25, -0.2) is 5.01 Å². The van der Waals surface area contributed by atoms with Crippen molar-refractivity contribution in [2.45, 2.75) is 12.5 Å². The van der Waals surface area contributed by atoms with Gasteiger partial charge in [-0.2, -0.15) is 0 Å². The summed E-state index contributed by atoms with van der Waals surface area (Å²) in [5, 5.41) is 4.84. The highest BCUT2D eigenvalue weighted by Crippen LogP contribution is 2.06. The van der Waals surface area contributed by atoms with Crippen LogP contribution in [0.1, 0.15) is 15.9 Å². The molecule has 142 valence electrons. The molecular formula is C21H27N4O2+. The molecule has 1 aliphatic heterocycles. The molecule has 0 spiro atoms. The van der Waals surface area contributed by atoms with Crippen LogP contribution in [0.4, 0.5) is 0 Å². The second-order valence-electron chi connectivity index (χ2n) is 7.00. The highest BCUT2D eigenvalue weighted by Gasteiger charge is 2.25. The van der Waals surface area contributed by atoms with Crippen LogP contribution in [0.3, 0.4) is 0 Å². The van der Waals surface area contributed by atoms with Crippen LogP contribution >= 0.6 is 0 Å². The number of hydrogen-bond donors (Lipinski definition) is 3. The topological polar surface area (TPSA) is 65.9 Å². The molecule has 2 aromatic carbocycles. The fourth-order valence-corrected chi connectivity index (χ4v) is 3.12. The molecule has 1 saturated heterocycles. The molecule has 6 heteroatoms. The van der Waals surface area contributed by atoms with Gasteiger partial charge >= 0.3 is 0 Å². The average Bonchev–Trinajstić information content (AvgIpc) is 2.70. The number of nitrogens with zero attached hydrogens (tertiary/aromatic N) is 1. The molecule has 1 fully saturated rings. The molecule has 1 aliphatic rings. The summed E-state index contributed by atoms with van der Waals surface area (Å²) in [4.78, 5) is 26.9. The molecule has 1 atom stereocenters. The number of carbonyl (C=O) groups is 2. The lowest BCUT2D eigenvalue weighted by Crippen LogP contribution is -3.12. The zero-order chi connectivity index (χ0) is 19.1. The van der Waals surface area contributed by atoms with Gasteiger partial charge in [-0.15, -0.1) is 0 Å². The zero-order valence-electron chi connectivity index (χ0n) is 15.7. The third kappa shape index (κ3) is 5.64. The number of amides is 2. The predicted octanol–water partition coefficient (Wildman–Crippen LogP) is -0.111. The van der Waals surface area contributed by atoms with E-state index in [1.807, 2.05) is 53.5 Å². The molecule has 0 aliphatic carbocycles. The summed E-state index contributed by atoms with van der Waals surface area (Å²) in [5.74, 6) is -0.419. The first-order chi connectivity index (χ1) is 13.1. The van der Waals surface area contributed by atoms with E-state index in [0.717, 1.165) is 31.7 Å². The highest BCUT2D eigenvalue weighted by molar-refractivity contribution is 5.97. The number of hydrogen-bond acceptors (Lipinski definition) is 3. The Labute approximate surface area is 160 Å². The lowest BCUT2D eigenvalue weighted by molar-refractivity contribution is -0.884. The third-order valence-electron chi connectivity index (χ3n) is 4.83. The first-order valence-corrected chi connectivity index (χ1v) is 9.38. The van der Waals surface area contributed by atoms with Crippen molar-refractivity contribution in [2.24, 2.45) is 0 Å². The molecule has 2 amide bonds. The monoisotopic (exact) mass is 367 g/mol. The largest absolute Gasteiger partial charge is 0.340 e.